The second-order valence-corrected chi connectivity index (χ2v) is 5.68. The summed E-state index contributed by atoms with van der Waals surface area (Å²) in [6.45, 7) is 5.52. The van der Waals surface area contributed by atoms with E-state index in [1.165, 1.54) is 44.1 Å². The molecular weight excluding hydrogens is 249 g/mol. The van der Waals surface area contributed by atoms with E-state index in [9.17, 15) is 4.39 Å². The molecule has 0 spiro atoms. The van der Waals surface area contributed by atoms with Crippen LogP contribution in [0, 0.1) is 5.82 Å². The molecule has 1 aromatic carbocycles. The van der Waals surface area contributed by atoms with E-state index in [2.05, 4.69) is 19.2 Å². The zero-order valence-electron chi connectivity index (χ0n) is 13.1. The molecule has 0 bridgehead atoms. The highest BCUT2D eigenvalue weighted by atomic mass is 19.1. The summed E-state index contributed by atoms with van der Waals surface area (Å²) in [5, 5.41) is 3.63. The van der Waals surface area contributed by atoms with Gasteiger partial charge in [-0.05, 0) is 43.5 Å². The molecule has 0 amide bonds. The SMILES string of the molecule is CCCCCCCC(Cc1ccc(F)cc1)NCCC. The summed E-state index contributed by atoms with van der Waals surface area (Å²) < 4.78 is 12.9. The van der Waals surface area contributed by atoms with E-state index in [4.69, 9.17) is 0 Å². The molecule has 0 aromatic heterocycles. The van der Waals surface area contributed by atoms with Gasteiger partial charge in [-0.2, -0.15) is 0 Å². The molecule has 1 aromatic rings. The molecule has 1 N–H and O–H groups in total. The van der Waals surface area contributed by atoms with Crippen molar-refractivity contribution < 1.29 is 4.39 Å². The third kappa shape index (κ3) is 7.64. The highest BCUT2D eigenvalue weighted by Crippen LogP contribution is 2.12. The van der Waals surface area contributed by atoms with Crippen LogP contribution < -0.4 is 5.32 Å². The molecule has 0 aliphatic heterocycles. The monoisotopic (exact) mass is 279 g/mol. The minimum Gasteiger partial charge on any atom is -0.314 e. The van der Waals surface area contributed by atoms with Crippen LogP contribution in [0.1, 0.15) is 64.4 Å². The van der Waals surface area contributed by atoms with Crippen molar-refractivity contribution >= 4 is 0 Å². The van der Waals surface area contributed by atoms with E-state index in [0.717, 1.165) is 19.4 Å². The Labute approximate surface area is 124 Å². The second-order valence-electron chi connectivity index (χ2n) is 5.68. The van der Waals surface area contributed by atoms with Crippen LogP contribution in [0.5, 0.6) is 0 Å². The van der Waals surface area contributed by atoms with Crippen LogP contribution in [0.25, 0.3) is 0 Å². The Bertz CT molecular complexity index is 334. The van der Waals surface area contributed by atoms with Gasteiger partial charge in [0.05, 0.1) is 0 Å². The Morgan fingerprint density at radius 2 is 1.65 bits per heavy atom. The molecule has 1 unspecified atom stereocenters. The molecular formula is C18H30FN. The summed E-state index contributed by atoms with van der Waals surface area (Å²) in [6.07, 6.45) is 10.0. The average molecular weight is 279 g/mol. The summed E-state index contributed by atoms with van der Waals surface area (Å²) in [6, 6.07) is 7.48. The van der Waals surface area contributed by atoms with Gasteiger partial charge in [-0.25, -0.2) is 4.39 Å². The fraction of sp³-hybridized carbons (Fsp3) is 0.667. The van der Waals surface area contributed by atoms with Gasteiger partial charge in [0.15, 0.2) is 0 Å². The second kappa shape index (κ2) is 10.8. The smallest absolute Gasteiger partial charge is 0.123 e. The Balaban J connectivity index is 2.36. The van der Waals surface area contributed by atoms with E-state index in [1.54, 1.807) is 12.1 Å². The maximum absolute atomic E-state index is 12.9. The van der Waals surface area contributed by atoms with Gasteiger partial charge in [0, 0.05) is 6.04 Å². The molecule has 1 rings (SSSR count). The van der Waals surface area contributed by atoms with Crippen molar-refractivity contribution in [3.8, 4) is 0 Å². The van der Waals surface area contributed by atoms with Gasteiger partial charge in [-0.3, -0.25) is 0 Å². The minimum absolute atomic E-state index is 0.147. The largest absolute Gasteiger partial charge is 0.314 e. The van der Waals surface area contributed by atoms with Crippen LogP contribution in [-0.2, 0) is 6.42 Å². The van der Waals surface area contributed by atoms with E-state index in [1.807, 2.05) is 12.1 Å². The Kier molecular flexibility index (Phi) is 9.31. The number of rotatable bonds is 11. The standard InChI is InChI=1S/C18H30FN/c1-3-5-6-7-8-9-18(20-14-4-2)15-16-10-12-17(19)13-11-16/h10-13,18,20H,3-9,14-15H2,1-2H3. The Morgan fingerprint density at radius 1 is 0.950 bits per heavy atom. The van der Waals surface area contributed by atoms with Crippen molar-refractivity contribution in [2.24, 2.45) is 0 Å². The quantitative estimate of drug-likeness (QED) is 0.556. The number of nitrogens with one attached hydrogen (secondary N) is 1. The highest BCUT2D eigenvalue weighted by molar-refractivity contribution is 5.17. The molecule has 0 aliphatic carbocycles. The first-order chi connectivity index (χ1) is 9.76. The summed E-state index contributed by atoms with van der Waals surface area (Å²) in [7, 11) is 0. The van der Waals surface area contributed by atoms with Gasteiger partial charge in [0.2, 0.25) is 0 Å². The van der Waals surface area contributed by atoms with Gasteiger partial charge in [0.25, 0.3) is 0 Å². The van der Waals surface area contributed by atoms with E-state index in [-0.39, 0.29) is 5.82 Å². The van der Waals surface area contributed by atoms with Crippen molar-refractivity contribution in [2.75, 3.05) is 6.54 Å². The first-order valence-corrected chi connectivity index (χ1v) is 8.24. The van der Waals surface area contributed by atoms with Crippen LogP contribution in [0.2, 0.25) is 0 Å². The predicted molar refractivity (Wildman–Crippen MR) is 85.6 cm³/mol. The molecule has 0 saturated heterocycles. The first kappa shape index (κ1) is 17.2. The zero-order chi connectivity index (χ0) is 14.6. The topological polar surface area (TPSA) is 12.0 Å². The molecule has 0 fully saturated rings. The number of benzene rings is 1. The number of unbranched alkanes of at least 4 members (excludes halogenated alkanes) is 4. The molecule has 20 heavy (non-hydrogen) atoms. The van der Waals surface area contributed by atoms with Crippen LogP contribution in [0.4, 0.5) is 4.39 Å². The van der Waals surface area contributed by atoms with Crippen molar-refractivity contribution in [3.05, 3.63) is 35.6 Å². The van der Waals surface area contributed by atoms with Crippen LogP contribution in [-0.4, -0.2) is 12.6 Å². The lowest BCUT2D eigenvalue weighted by Gasteiger charge is -2.18. The molecule has 1 atom stereocenters. The maximum Gasteiger partial charge on any atom is 0.123 e. The molecule has 0 aliphatic rings. The van der Waals surface area contributed by atoms with E-state index < -0.39 is 0 Å². The molecule has 0 radical (unpaired) electrons. The van der Waals surface area contributed by atoms with Crippen molar-refractivity contribution in [1.29, 1.82) is 0 Å². The molecule has 1 nitrogen and oxygen atoms in total. The van der Waals surface area contributed by atoms with Gasteiger partial charge in [-0.15, -0.1) is 0 Å². The fourth-order valence-corrected chi connectivity index (χ4v) is 2.52. The summed E-state index contributed by atoms with van der Waals surface area (Å²) in [5.41, 5.74) is 1.23. The number of halogens is 1. The van der Waals surface area contributed by atoms with Gasteiger partial charge in [-0.1, -0.05) is 58.1 Å². The van der Waals surface area contributed by atoms with Crippen molar-refractivity contribution in [1.82, 2.24) is 5.32 Å². The fourth-order valence-electron chi connectivity index (χ4n) is 2.52. The predicted octanol–water partition coefficient (Wildman–Crippen LogP) is 5.10. The number of hydrogen-bond acceptors (Lipinski definition) is 1. The minimum atomic E-state index is -0.147. The summed E-state index contributed by atoms with van der Waals surface area (Å²) in [5.74, 6) is -0.147. The lowest BCUT2D eigenvalue weighted by atomic mass is 9.99. The molecule has 114 valence electrons. The maximum atomic E-state index is 12.9. The first-order valence-electron chi connectivity index (χ1n) is 8.24. The summed E-state index contributed by atoms with van der Waals surface area (Å²) in [4.78, 5) is 0. The lowest BCUT2D eigenvalue weighted by molar-refractivity contribution is 0.451. The third-order valence-corrected chi connectivity index (χ3v) is 3.73. The highest BCUT2D eigenvalue weighted by Gasteiger charge is 2.08. The Morgan fingerprint density at radius 3 is 2.30 bits per heavy atom. The van der Waals surface area contributed by atoms with Crippen molar-refractivity contribution in [3.63, 3.8) is 0 Å². The zero-order valence-corrected chi connectivity index (χ0v) is 13.1. The van der Waals surface area contributed by atoms with Gasteiger partial charge < -0.3 is 5.32 Å². The van der Waals surface area contributed by atoms with Crippen molar-refractivity contribution in [2.45, 2.75) is 71.3 Å². The van der Waals surface area contributed by atoms with E-state index in [0.29, 0.717) is 6.04 Å². The molecule has 0 heterocycles. The number of hydrogen-bond donors (Lipinski definition) is 1. The van der Waals surface area contributed by atoms with Crippen LogP contribution >= 0.6 is 0 Å². The Hall–Kier alpha value is -0.890. The molecule has 2 heteroatoms. The third-order valence-electron chi connectivity index (χ3n) is 3.73. The summed E-state index contributed by atoms with van der Waals surface area (Å²) >= 11 is 0. The normalized spacial score (nSPS) is 12.6. The van der Waals surface area contributed by atoms with E-state index >= 15 is 0 Å². The lowest BCUT2D eigenvalue weighted by Crippen LogP contribution is -2.31. The average Bonchev–Trinajstić information content (AvgIpc) is 2.46. The van der Waals surface area contributed by atoms with Crippen LogP contribution in [0.15, 0.2) is 24.3 Å². The van der Waals surface area contributed by atoms with Gasteiger partial charge >= 0.3 is 0 Å². The molecule has 0 saturated carbocycles. The van der Waals surface area contributed by atoms with Gasteiger partial charge in [0.1, 0.15) is 5.82 Å². The van der Waals surface area contributed by atoms with Crippen LogP contribution in [0.3, 0.4) is 0 Å².